The lowest BCUT2D eigenvalue weighted by atomic mass is 10.2. The van der Waals surface area contributed by atoms with E-state index < -0.39 is 5.91 Å². The number of hydrogen-bond donors (Lipinski definition) is 3. The SMILES string of the molecule is O=C(NNc1cncc(Br)c1)c1ccc(Br)cc1O. The van der Waals surface area contributed by atoms with Crippen molar-refractivity contribution in [2.45, 2.75) is 0 Å². The summed E-state index contributed by atoms with van der Waals surface area (Å²) in [4.78, 5) is 15.8. The number of anilines is 1. The zero-order valence-corrected chi connectivity index (χ0v) is 12.7. The Morgan fingerprint density at radius 2 is 1.95 bits per heavy atom. The van der Waals surface area contributed by atoms with Gasteiger partial charge >= 0.3 is 0 Å². The molecule has 1 heterocycles. The zero-order valence-electron chi connectivity index (χ0n) is 9.52. The van der Waals surface area contributed by atoms with Crippen LogP contribution >= 0.6 is 31.9 Å². The monoisotopic (exact) mass is 385 g/mol. The molecule has 19 heavy (non-hydrogen) atoms. The van der Waals surface area contributed by atoms with Gasteiger partial charge in [-0.15, -0.1) is 0 Å². The van der Waals surface area contributed by atoms with E-state index in [1.807, 2.05) is 0 Å². The summed E-state index contributed by atoms with van der Waals surface area (Å²) in [6.45, 7) is 0. The maximum Gasteiger partial charge on any atom is 0.273 e. The number of carbonyl (C=O) groups excluding carboxylic acids is 1. The molecule has 0 saturated heterocycles. The van der Waals surface area contributed by atoms with Crippen molar-refractivity contribution in [3.8, 4) is 5.75 Å². The van der Waals surface area contributed by atoms with Crippen LogP contribution in [0.15, 0.2) is 45.6 Å². The smallest absolute Gasteiger partial charge is 0.273 e. The van der Waals surface area contributed by atoms with E-state index in [-0.39, 0.29) is 11.3 Å². The number of halogens is 2. The van der Waals surface area contributed by atoms with Crippen LogP contribution in [0.25, 0.3) is 0 Å². The topological polar surface area (TPSA) is 74.2 Å². The number of phenols is 1. The lowest BCUT2D eigenvalue weighted by Gasteiger charge is -2.09. The number of phenolic OH excluding ortho intramolecular Hbond substituents is 1. The summed E-state index contributed by atoms with van der Waals surface area (Å²) in [5.74, 6) is -0.536. The molecule has 2 aromatic rings. The number of carbonyl (C=O) groups is 1. The van der Waals surface area contributed by atoms with Crippen LogP contribution in [0.3, 0.4) is 0 Å². The molecule has 5 nitrogen and oxygen atoms in total. The van der Waals surface area contributed by atoms with Crippen LogP contribution in [0.1, 0.15) is 10.4 Å². The molecule has 0 aliphatic carbocycles. The van der Waals surface area contributed by atoms with Crippen LogP contribution in [0.4, 0.5) is 5.69 Å². The first-order chi connectivity index (χ1) is 9.06. The predicted molar refractivity (Wildman–Crippen MR) is 78.8 cm³/mol. The van der Waals surface area contributed by atoms with Crippen molar-refractivity contribution in [1.82, 2.24) is 10.4 Å². The first kappa shape index (κ1) is 13.8. The fourth-order valence-electron chi connectivity index (χ4n) is 1.37. The number of hydrogen-bond acceptors (Lipinski definition) is 4. The molecular weight excluding hydrogens is 378 g/mol. The number of benzene rings is 1. The molecule has 0 saturated carbocycles. The van der Waals surface area contributed by atoms with Crippen molar-refractivity contribution in [3.05, 3.63) is 51.2 Å². The maximum atomic E-state index is 11.9. The molecule has 2 rings (SSSR count). The number of nitrogens with one attached hydrogen (secondary N) is 2. The molecule has 0 fully saturated rings. The maximum absolute atomic E-state index is 11.9. The van der Waals surface area contributed by atoms with Gasteiger partial charge in [-0.3, -0.25) is 20.6 Å². The van der Waals surface area contributed by atoms with Crippen LogP contribution in [0.2, 0.25) is 0 Å². The molecule has 7 heteroatoms. The Morgan fingerprint density at radius 1 is 1.16 bits per heavy atom. The molecular formula is C12H9Br2N3O2. The fraction of sp³-hybridized carbons (Fsp3) is 0. The van der Waals surface area contributed by atoms with Gasteiger partial charge in [-0.05, 0) is 40.2 Å². The van der Waals surface area contributed by atoms with Crippen molar-refractivity contribution >= 4 is 43.5 Å². The number of aromatic nitrogens is 1. The molecule has 1 aromatic heterocycles. The molecule has 98 valence electrons. The lowest BCUT2D eigenvalue weighted by molar-refractivity contribution is 0.0960. The van der Waals surface area contributed by atoms with Gasteiger partial charge in [0.05, 0.1) is 17.4 Å². The van der Waals surface area contributed by atoms with Crippen LogP contribution in [0, 0.1) is 0 Å². The van der Waals surface area contributed by atoms with Gasteiger partial charge in [0, 0.05) is 15.1 Å². The van der Waals surface area contributed by atoms with Crippen LogP contribution in [-0.2, 0) is 0 Å². The van der Waals surface area contributed by atoms with Crippen LogP contribution in [0.5, 0.6) is 5.75 Å². The largest absolute Gasteiger partial charge is 0.507 e. The Hall–Kier alpha value is -1.60. The van der Waals surface area contributed by atoms with Gasteiger partial charge < -0.3 is 5.11 Å². The van der Waals surface area contributed by atoms with E-state index in [0.29, 0.717) is 10.2 Å². The number of aromatic hydroxyl groups is 1. The minimum Gasteiger partial charge on any atom is -0.507 e. The molecule has 0 unspecified atom stereocenters. The molecule has 1 aromatic carbocycles. The summed E-state index contributed by atoms with van der Waals surface area (Å²) < 4.78 is 1.49. The third kappa shape index (κ3) is 3.68. The van der Waals surface area contributed by atoms with E-state index in [1.165, 1.54) is 12.1 Å². The number of rotatable bonds is 3. The standard InChI is InChI=1S/C12H9Br2N3O2/c13-7-1-2-10(11(18)4-7)12(19)17-16-9-3-8(14)5-15-6-9/h1-6,16,18H,(H,17,19). The Kier molecular flexibility index (Phi) is 4.39. The zero-order chi connectivity index (χ0) is 13.8. The number of pyridine rings is 1. The molecule has 0 radical (unpaired) electrons. The molecule has 0 bridgehead atoms. The molecule has 3 N–H and O–H groups in total. The van der Waals surface area contributed by atoms with Gasteiger partial charge in [-0.1, -0.05) is 15.9 Å². The summed E-state index contributed by atoms with van der Waals surface area (Å²) in [7, 11) is 0. The van der Waals surface area contributed by atoms with Gasteiger partial charge in [0.2, 0.25) is 0 Å². The minimum atomic E-state index is -0.440. The second kappa shape index (κ2) is 6.03. The Morgan fingerprint density at radius 3 is 2.63 bits per heavy atom. The molecule has 1 amide bonds. The highest BCUT2D eigenvalue weighted by Crippen LogP contribution is 2.22. The third-order valence-electron chi connectivity index (χ3n) is 2.23. The number of nitrogens with zero attached hydrogens (tertiary/aromatic N) is 1. The van der Waals surface area contributed by atoms with Crippen molar-refractivity contribution < 1.29 is 9.90 Å². The van der Waals surface area contributed by atoms with Crippen LogP contribution < -0.4 is 10.9 Å². The second-order valence-electron chi connectivity index (χ2n) is 3.63. The normalized spacial score (nSPS) is 10.0. The van der Waals surface area contributed by atoms with E-state index in [4.69, 9.17) is 0 Å². The summed E-state index contributed by atoms with van der Waals surface area (Å²) in [6.07, 6.45) is 3.19. The van der Waals surface area contributed by atoms with Crippen molar-refractivity contribution in [3.63, 3.8) is 0 Å². The van der Waals surface area contributed by atoms with Gasteiger partial charge in [-0.2, -0.15) is 0 Å². The quantitative estimate of drug-likeness (QED) is 0.708. The van der Waals surface area contributed by atoms with Crippen molar-refractivity contribution in [2.24, 2.45) is 0 Å². The average Bonchev–Trinajstić information content (AvgIpc) is 2.36. The highest BCUT2D eigenvalue weighted by molar-refractivity contribution is 9.10. The molecule has 0 aliphatic heterocycles. The number of hydrazine groups is 1. The predicted octanol–water partition coefficient (Wildman–Crippen LogP) is 3.07. The van der Waals surface area contributed by atoms with E-state index in [0.717, 1.165) is 4.47 Å². The highest BCUT2D eigenvalue weighted by Gasteiger charge is 2.10. The average molecular weight is 387 g/mol. The van der Waals surface area contributed by atoms with E-state index >= 15 is 0 Å². The lowest BCUT2D eigenvalue weighted by Crippen LogP contribution is -2.29. The first-order valence-electron chi connectivity index (χ1n) is 5.21. The Bertz CT molecular complexity index is 620. The third-order valence-corrected chi connectivity index (χ3v) is 3.16. The fourth-order valence-corrected chi connectivity index (χ4v) is 2.09. The summed E-state index contributed by atoms with van der Waals surface area (Å²) >= 11 is 6.48. The minimum absolute atomic E-state index is 0.0963. The first-order valence-corrected chi connectivity index (χ1v) is 6.80. The van der Waals surface area contributed by atoms with E-state index in [9.17, 15) is 9.90 Å². The van der Waals surface area contributed by atoms with Gasteiger partial charge in [0.15, 0.2) is 0 Å². The van der Waals surface area contributed by atoms with Crippen LogP contribution in [-0.4, -0.2) is 16.0 Å². The molecule has 0 aliphatic rings. The van der Waals surface area contributed by atoms with Gasteiger partial charge in [0.1, 0.15) is 5.75 Å². The van der Waals surface area contributed by atoms with Gasteiger partial charge in [0.25, 0.3) is 5.91 Å². The Balaban J connectivity index is 2.05. The second-order valence-corrected chi connectivity index (χ2v) is 5.46. The van der Waals surface area contributed by atoms with E-state index in [2.05, 4.69) is 47.7 Å². The summed E-state index contributed by atoms with van der Waals surface area (Å²) in [5, 5.41) is 9.66. The van der Waals surface area contributed by atoms with E-state index in [1.54, 1.807) is 24.5 Å². The highest BCUT2D eigenvalue weighted by atomic mass is 79.9. The molecule has 0 atom stereocenters. The van der Waals surface area contributed by atoms with Gasteiger partial charge in [-0.25, -0.2) is 0 Å². The van der Waals surface area contributed by atoms with Crippen molar-refractivity contribution in [2.75, 3.05) is 5.43 Å². The molecule has 0 spiro atoms. The summed E-state index contributed by atoms with van der Waals surface area (Å²) in [6, 6.07) is 6.41. The number of amides is 1. The Labute approximate surface area is 126 Å². The van der Waals surface area contributed by atoms with Crippen molar-refractivity contribution in [1.29, 1.82) is 0 Å². The summed E-state index contributed by atoms with van der Waals surface area (Å²) in [5.41, 5.74) is 5.99.